The first kappa shape index (κ1) is 17.2. The van der Waals surface area contributed by atoms with Crippen LogP contribution in [0.1, 0.15) is 45.6 Å². The predicted molar refractivity (Wildman–Crippen MR) is 89.2 cm³/mol. The van der Waals surface area contributed by atoms with Gasteiger partial charge in [0.05, 0.1) is 11.5 Å². The summed E-state index contributed by atoms with van der Waals surface area (Å²) in [6.45, 7) is 8.88. The smallest absolute Gasteiger partial charge is 0.262 e. The van der Waals surface area contributed by atoms with Gasteiger partial charge in [-0.1, -0.05) is 44.5 Å². The lowest BCUT2D eigenvalue weighted by molar-refractivity contribution is 0.216. The third-order valence-corrected chi connectivity index (χ3v) is 5.72. The van der Waals surface area contributed by atoms with Crippen LogP contribution in [0.4, 0.5) is 0 Å². The van der Waals surface area contributed by atoms with E-state index in [0.717, 1.165) is 30.4 Å². The lowest BCUT2D eigenvalue weighted by atomic mass is 9.73. The normalized spacial score (nSPS) is 19.8. The number of benzene rings is 1. The zero-order valence-electron chi connectivity index (χ0n) is 13.9. The maximum absolute atomic E-state index is 12.2. The van der Waals surface area contributed by atoms with Gasteiger partial charge < -0.3 is 0 Å². The predicted octanol–water partition coefficient (Wildman–Crippen LogP) is 4.47. The van der Waals surface area contributed by atoms with Gasteiger partial charge in [-0.3, -0.25) is 4.18 Å². The highest BCUT2D eigenvalue weighted by Crippen LogP contribution is 2.37. The summed E-state index contributed by atoms with van der Waals surface area (Å²) < 4.78 is 29.5. The Kier molecular flexibility index (Phi) is 5.13. The summed E-state index contributed by atoms with van der Waals surface area (Å²) >= 11 is 0. The quantitative estimate of drug-likeness (QED) is 0.606. The van der Waals surface area contributed by atoms with E-state index < -0.39 is 10.1 Å². The van der Waals surface area contributed by atoms with Crippen molar-refractivity contribution in [1.29, 1.82) is 0 Å². The van der Waals surface area contributed by atoms with Gasteiger partial charge in [0.2, 0.25) is 0 Å². The van der Waals surface area contributed by atoms with E-state index in [4.69, 9.17) is 4.18 Å². The van der Waals surface area contributed by atoms with Crippen LogP contribution in [0.15, 0.2) is 40.8 Å². The topological polar surface area (TPSA) is 43.4 Å². The second-order valence-electron chi connectivity index (χ2n) is 7.23. The molecule has 1 aromatic rings. The molecular formula is C18H26O3S. The SMILES string of the molecule is Cc1ccc(S(=O)(=O)OCC2=CCC(C(C)(C)C)CC2)cc1. The Hall–Kier alpha value is -1.13. The Bertz CT molecular complexity index is 634. The van der Waals surface area contributed by atoms with Gasteiger partial charge in [0.1, 0.15) is 0 Å². The molecule has 122 valence electrons. The number of allylic oxidation sites excluding steroid dienone is 1. The molecule has 2 rings (SSSR count). The summed E-state index contributed by atoms with van der Waals surface area (Å²) in [6, 6.07) is 6.75. The lowest BCUT2D eigenvalue weighted by Gasteiger charge is -2.33. The summed E-state index contributed by atoms with van der Waals surface area (Å²) in [7, 11) is -3.66. The van der Waals surface area contributed by atoms with E-state index >= 15 is 0 Å². The molecule has 22 heavy (non-hydrogen) atoms. The van der Waals surface area contributed by atoms with Crippen LogP contribution < -0.4 is 0 Å². The Labute approximate surface area is 134 Å². The third-order valence-electron chi connectivity index (χ3n) is 4.44. The molecular weight excluding hydrogens is 296 g/mol. The minimum absolute atomic E-state index is 0.174. The van der Waals surface area contributed by atoms with E-state index in [2.05, 4.69) is 26.8 Å². The van der Waals surface area contributed by atoms with Crippen LogP contribution in [0.25, 0.3) is 0 Å². The fraction of sp³-hybridized carbons (Fsp3) is 0.556. The largest absolute Gasteiger partial charge is 0.297 e. The number of aryl methyl sites for hydroxylation is 1. The van der Waals surface area contributed by atoms with Crippen molar-refractivity contribution in [3.8, 4) is 0 Å². The van der Waals surface area contributed by atoms with Gasteiger partial charge in [-0.2, -0.15) is 8.42 Å². The van der Waals surface area contributed by atoms with Crippen LogP contribution in [0.3, 0.4) is 0 Å². The average molecular weight is 322 g/mol. The van der Waals surface area contributed by atoms with Crippen molar-refractivity contribution < 1.29 is 12.6 Å². The molecule has 1 unspecified atom stereocenters. The number of rotatable bonds is 4. The Morgan fingerprint density at radius 3 is 2.32 bits per heavy atom. The van der Waals surface area contributed by atoms with E-state index in [1.165, 1.54) is 0 Å². The van der Waals surface area contributed by atoms with Crippen molar-refractivity contribution in [2.45, 2.75) is 51.9 Å². The standard InChI is InChI=1S/C18H26O3S/c1-14-5-11-17(12-6-14)22(19,20)21-13-15-7-9-16(10-8-15)18(2,3)4/h5-7,11-12,16H,8-10,13H2,1-4H3. The summed E-state index contributed by atoms with van der Waals surface area (Å²) in [5, 5.41) is 0. The maximum atomic E-state index is 12.2. The fourth-order valence-electron chi connectivity index (χ4n) is 2.73. The van der Waals surface area contributed by atoms with E-state index in [1.54, 1.807) is 24.3 Å². The van der Waals surface area contributed by atoms with Gasteiger partial charge in [0, 0.05) is 0 Å². The molecule has 1 atom stereocenters. The van der Waals surface area contributed by atoms with Crippen LogP contribution >= 0.6 is 0 Å². The van der Waals surface area contributed by atoms with Crippen molar-refractivity contribution >= 4 is 10.1 Å². The van der Waals surface area contributed by atoms with Crippen LogP contribution in [0.2, 0.25) is 0 Å². The second-order valence-corrected chi connectivity index (χ2v) is 8.84. The molecule has 1 aliphatic carbocycles. The molecule has 0 bridgehead atoms. The third kappa shape index (κ3) is 4.43. The number of hydrogen-bond donors (Lipinski definition) is 0. The van der Waals surface area contributed by atoms with Crippen LogP contribution in [0.5, 0.6) is 0 Å². The highest BCUT2D eigenvalue weighted by atomic mass is 32.2. The van der Waals surface area contributed by atoms with Crippen molar-refractivity contribution in [3.63, 3.8) is 0 Å². The molecule has 4 heteroatoms. The summed E-state index contributed by atoms with van der Waals surface area (Å²) in [4.78, 5) is 0.224. The molecule has 1 aromatic carbocycles. The minimum atomic E-state index is -3.66. The van der Waals surface area contributed by atoms with Gasteiger partial charge in [0.15, 0.2) is 0 Å². The monoisotopic (exact) mass is 322 g/mol. The molecule has 0 aromatic heterocycles. The molecule has 0 aliphatic heterocycles. The maximum Gasteiger partial charge on any atom is 0.297 e. The molecule has 0 amide bonds. The molecule has 0 saturated carbocycles. The Morgan fingerprint density at radius 1 is 1.18 bits per heavy atom. The van der Waals surface area contributed by atoms with Gasteiger partial charge in [-0.15, -0.1) is 0 Å². The van der Waals surface area contributed by atoms with Gasteiger partial charge in [0.25, 0.3) is 10.1 Å². The van der Waals surface area contributed by atoms with Crippen LogP contribution in [0, 0.1) is 18.3 Å². The van der Waals surface area contributed by atoms with E-state index in [1.807, 2.05) is 6.92 Å². The Balaban J connectivity index is 1.96. The first-order chi connectivity index (χ1) is 10.2. The molecule has 0 fully saturated rings. The molecule has 0 saturated heterocycles. The molecule has 0 N–H and O–H groups in total. The van der Waals surface area contributed by atoms with Crippen molar-refractivity contribution in [3.05, 3.63) is 41.5 Å². The molecule has 1 aliphatic rings. The van der Waals surface area contributed by atoms with Crippen LogP contribution in [-0.2, 0) is 14.3 Å². The summed E-state index contributed by atoms with van der Waals surface area (Å²) in [6.07, 6.45) is 5.19. The summed E-state index contributed by atoms with van der Waals surface area (Å²) in [5.41, 5.74) is 2.43. The number of hydrogen-bond acceptors (Lipinski definition) is 3. The zero-order chi connectivity index (χ0) is 16.4. The Morgan fingerprint density at radius 2 is 1.82 bits per heavy atom. The minimum Gasteiger partial charge on any atom is -0.262 e. The second kappa shape index (κ2) is 6.55. The van der Waals surface area contributed by atoms with Crippen molar-refractivity contribution in [2.24, 2.45) is 11.3 Å². The first-order valence-electron chi connectivity index (χ1n) is 7.82. The van der Waals surface area contributed by atoms with E-state index in [-0.39, 0.29) is 11.5 Å². The lowest BCUT2D eigenvalue weighted by Crippen LogP contribution is -2.23. The highest BCUT2D eigenvalue weighted by molar-refractivity contribution is 7.86. The molecule has 0 radical (unpaired) electrons. The fourth-order valence-corrected chi connectivity index (χ4v) is 3.64. The zero-order valence-corrected chi connectivity index (χ0v) is 14.7. The van der Waals surface area contributed by atoms with Gasteiger partial charge in [-0.25, -0.2) is 0 Å². The highest BCUT2D eigenvalue weighted by Gasteiger charge is 2.26. The summed E-state index contributed by atoms with van der Waals surface area (Å²) in [5.74, 6) is 0.657. The molecule has 0 heterocycles. The van der Waals surface area contributed by atoms with E-state index in [9.17, 15) is 8.42 Å². The van der Waals surface area contributed by atoms with E-state index in [0.29, 0.717) is 11.3 Å². The van der Waals surface area contributed by atoms with Crippen LogP contribution in [-0.4, -0.2) is 15.0 Å². The average Bonchev–Trinajstić information content (AvgIpc) is 2.45. The van der Waals surface area contributed by atoms with Gasteiger partial charge in [-0.05, 0) is 55.2 Å². The van der Waals surface area contributed by atoms with Crippen molar-refractivity contribution in [2.75, 3.05) is 6.61 Å². The molecule has 3 nitrogen and oxygen atoms in total. The van der Waals surface area contributed by atoms with Gasteiger partial charge >= 0.3 is 0 Å². The van der Waals surface area contributed by atoms with Crippen molar-refractivity contribution in [1.82, 2.24) is 0 Å². The first-order valence-corrected chi connectivity index (χ1v) is 9.23. The molecule has 0 spiro atoms.